The largest absolute Gasteiger partial charge is 0.385 e. The first-order valence-corrected chi connectivity index (χ1v) is 7.79. The molecule has 0 spiro atoms. The summed E-state index contributed by atoms with van der Waals surface area (Å²) in [7, 11) is 4.13. The van der Waals surface area contributed by atoms with Gasteiger partial charge in [-0.25, -0.2) is 0 Å². The smallest absolute Gasteiger partial charge is 0.0375 e. The Kier molecular flexibility index (Phi) is 5.68. The summed E-state index contributed by atoms with van der Waals surface area (Å²) in [4.78, 5) is 2.12. The molecule has 0 amide bonds. The quantitative estimate of drug-likeness (QED) is 0.779. The summed E-state index contributed by atoms with van der Waals surface area (Å²) in [5.41, 5.74) is 5.13. The van der Waals surface area contributed by atoms with Gasteiger partial charge in [-0.3, -0.25) is 0 Å². The third kappa shape index (κ3) is 4.52. The van der Waals surface area contributed by atoms with E-state index in [1.807, 2.05) is 0 Å². The van der Waals surface area contributed by atoms with Crippen molar-refractivity contribution < 1.29 is 0 Å². The molecule has 112 valence electrons. The molecule has 0 bridgehead atoms. The molecule has 2 heteroatoms. The minimum Gasteiger partial charge on any atom is -0.385 e. The molecule has 1 aromatic carbocycles. The molecule has 1 aliphatic carbocycles. The van der Waals surface area contributed by atoms with Crippen LogP contribution >= 0.6 is 0 Å². The maximum absolute atomic E-state index is 3.56. The normalized spacial score (nSPS) is 16.0. The standard InChI is InChI=1S/C19H26N2/c1-4-5-14-20-19-9-7-6-8-17(19)15-16-10-12-18(13-11-16)21(2)3/h6-7,9-13,15,20H,4-5,8,14H2,1-3H3. The van der Waals surface area contributed by atoms with E-state index in [0.29, 0.717) is 0 Å². The zero-order valence-electron chi connectivity index (χ0n) is 13.4. The SMILES string of the molecule is CCCCNC1=CC=CCC1=Cc1ccc(N(C)C)cc1. The van der Waals surface area contributed by atoms with E-state index in [1.165, 1.54) is 35.4 Å². The Morgan fingerprint density at radius 3 is 2.62 bits per heavy atom. The van der Waals surface area contributed by atoms with Gasteiger partial charge in [-0.15, -0.1) is 0 Å². The van der Waals surface area contributed by atoms with E-state index in [2.05, 4.69) is 79.8 Å². The number of unbranched alkanes of at least 4 members (excludes halogenated alkanes) is 1. The van der Waals surface area contributed by atoms with Gasteiger partial charge in [0.15, 0.2) is 0 Å². The van der Waals surface area contributed by atoms with Gasteiger partial charge in [-0.1, -0.05) is 37.6 Å². The average Bonchev–Trinajstić information content (AvgIpc) is 2.50. The maximum atomic E-state index is 3.56. The number of nitrogens with zero attached hydrogens (tertiary/aromatic N) is 1. The van der Waals surface area contributed by atoms with Gasteiger partial charge < -0.3 is 10.2 Å². The van der Waals surface area contributed by atoms with E-state index in [4.69, 9.17) is 0 Å². The van der Waals surface area contributed by atoms with Crippen molar-refractivity contribution in [2.45, 2.75) is 26.2 Å². The Bertz CT molecular complexity index is 533. The van der Waals surface area contributed by atoms with Crippen molar-refractivity contribution in [3.05, 3.63) is 59.3 Å². The molecule has 0 heterocycles. The zero-order chi connectivity index (χ0) is 15.1. The molecular weight excluding hydrogens is 256 g/mol. The highest BCUT2D eigenvalue weighted by Gasteiger charge is 2.06. The van der Waals surface area contributed by atoms with Gasteiger partial charge in [0, 0.05) is 32.0 Å². The molecule has 21 heavy (non-hydrogen) atoms. The van der Waals surface area contributed by atoms with Gasteiger partial charge in [-0.2, -0.15) is 0 Å². The van der Waals surface area contributed by atoms with E-state index in [0.717, 1.165) is 13.0 Å². The summed E-state index contributed by atoms with van der Waals surface area (Å²) in [6.45, 7) is 3.27. The summed E-state index contributed by atoms with van der Waals surface area (Å²) in [5, 5.41) is 3.56. The van der Waals surface area contributed by atoms with Crippen molar-refractivity contribution in [1.29, 1.82) is 0 Å². The van der Waals surface area contributed by atoms with Crippen LogP contribution in [0.1, 0.15) is 31.7 Å². The lowest BCUT2D eigenvalue weighted by Gasteiger charge is -2.16. The van der Waals surface area contributed by atoms with Crippen LogP contribution in [-0.4, -0.2) is 20.6 Å². The van der Waals surface area contributed by atoms with Crippen LogP contribution in [0.2, 0.25) is 0 Å². The van der Waals surface area contributed by atoms with Crippen LogP contribution in [0.4, 0.5) is 5.69 Å². The number of hydrogen-bond donors (Lipinski definition) is 1. The number of anilines is 1. The molecule has 1 N–H and O–H groups in total. The second-order valence-corrected chi connectivity index (χ2v) is 5.65. The van der Waals surface area contributed by atoms with Crippen LogP contribution in [0.5, 0.6) is 0 Å². The number of rotatable bonds is 6. The molecule has 0 unspecified atom stereocenters. The Balaban J connectivity index is 2.10. The van der Waals surface area contributed by atoms with Gasteiger partial charge in [0.1, 0.15) is 0 Å². The predicted molar refractivity (Wildman–Crippen MR) is 93.5 cm³/mol. The van der Waals surface area contributed by atoms with Crippen LogP contribution in [0.3, 0.4) is 0 Å². The highest BCUT2D eigenvalue weighted by Crippen LogP contribution is 2.22. The summed E-state index contributed by atoms with van der Waals surface area (Å²) < 4.78 is 0. The van der Waals surface area contributed by atoms with Crippen molar-refractivity contribution in [3.63, 3.8) is 0 Å². The Hall–Kier alpha value is -1.96. The summed E-state index contributed by atoms with van der Waals surface area (Å²) in [6, 6.07) is 8.70. The predicted octanol–water partition coefficient (Wildman–Crippen LogP) is 4.37. The van der Waals surface area contributed by atoms with Crippen LogP contribution in [-0.2, 0) is 0 Å². The summed E-state index contributed by atoms with van der Waals surface area (Å²) in [5.74, 6) is 0. The van der Waals surface area contributed by atoms with E-state index in [9.17, 15) is 0 Å². The van der Waals surface area contributed by atoms with Crippen LogP contribution in [0.15, 0.2) is 53.8 Å². The molecule has 0 aliphatic heterocycles. The van der Waals surface area contributed by atoms with Gasteiger partial charge in [0.05, 0.1) is 0 Å². The fourth-order valence-corrected chi connectivity index (χ4v) is 2.36. The monoisotopic (exact) mass is 282 g/mol. The number of allylic oxidation sites excluding steroid dienone is 4. The Labute approximate surface area is 128 Å². The van der Waals surface area contributed by atoms with Crippen LogP contribution in [0, 0.1) is 0 Å². The third-order valence-electron chi connectivity index (χ3n) is 3.68. The number of benzene rings is 1. The molecular formula is C19H26N2. The van der Waals surface area contributed by atoms with Crippen LogP contribution < -0.4 is 10.2 Å². The fourth-order valence-electron chi connectivity index (χ4n) is 2.36. The lowest BCUT2D eigenvalue weighted by atomic mass is 10.0. The van der Waals surface area contributed by atoms with E-state index in [1.54, 1.807) is 0 Å². The van der Waals surface area contributed by atoms with E-state index < -0.39 is 0 Å². The van der Waals surface area contributed by atoms with Crippen LogP contribution in [0.25, 0.3) is 6.08 Å². The van der Waals surface area contributed by atoms with Gasteiger partial charge in [0.2, 0.25) is 0 Å². The minimum absolute atomic E-state index is 1.00. The van der Waals surface area contributed by atoms with Gasteiger partial charge >= 0.3 is 0 Å². The molecule has 2 rings (SSSR count). The maximum Gasteiger partial charge on any atom is 0.0375 e. The number of nitrogens with one attached hydrogen (secondary N) is 1. The first-order chi connectivity index (χ1) is 10.2. The average molecular weight is 282 g/mol. The first-order valence-electron chi connectivity index (χ1n) is 7.79. The topological polar surface area (TPSA) is 15.3 Å². The molecule has 0 saturated carbocycles. The van der Waals surface area contributed by atoms with Gasteiger partial charge in [0.25, 0.3) is 0 Å². The highest BCUT2D eigenvalue weighted by molar-refractivity contribution is 5.62. The molecule has 0 aromatic heterocycles. The minimum atomic E-state index is 1.00. The highest BCUT2D eigenvalue weighted by atomic mass is 15.1. The van der Waals surface area contributed by atoms with Crippen molar-refractivity contribution >= 4 is 11.8 Å². The van der Waals surface area contributed by atoms with Crippen molar-refractivity contribution in [2.75, 3.05) is 25.5 Å². The lowest BCUT2D eigenvalue weighted by Crippen LogP contribution is -2.17. The van der Waals surface area contributed by atoms with Crippen molar-refractivity contribution in [3.8, 4) is 0 Å². The third-order valence-corrected chi connectivity index (χ3v) is 3.68. The van der Waals surface area contributed by atoms with E-state index in [-0.39, 0.29) is 0 Å². The Morgan fingerprint density at radius 1 is 1.19 bits per heavy atom. The van der Waals surface area contributed by atoms with Crippen molar-refractivity contribution in [1.82, 2.24) is 5.32 Å². The first kappa shape index (κ1) is 15.4. The number of hydrogen-bond acceptors (Lipinski definition) is 2. The van der Waals surface area contributed by atoms with E-state index >= 15 is 0 Å². The Morgan fingerprint density at radius 2 is 1.95 bits per heavy atom. The summed E-state index contributed by atoms with van der Waals surface area (Å²) >= 11 is 0. The second-order valence-electron chi connectivity index (χ2n) is 5.65. The molecule has 2 nitrogen and oxygen atoms in total. The summed E-state index contributed by atoms with van der Waals surface area (Å²) in [6.07, 6.45) is 12.3. The zero-order valence-corrected chi connectivity index (χ0v) is 13.4. The second kappa shape index (κ2) is 7.72. The molecule has 0 fully saturated rings. The van der Waals surface area contributed by atoms with Crippen molar-refractivity contribution in [2.24, 2.45) is 0 Å². The van der Waals surface area contributed by atoms with Gasteiger partial charge in [-0.05, 0) is 48.3 Å². The lowest BCUT2D eigenvalue weighted by molar-refractivity contribution is 0.712. The molecule has 0 atom stereocenters. The molecule has 1 aliphatic rings. The fraction of sp³-hybridized carbons (Fsp3) is 0.368. The molecule has 1 aromatic rings. The molecule has 0 radical (unpaired) electrons. The molecule has 0 saturated heterocycles.